The molecule has 2 aromatic heterocycles. The minimum atomic E-state index is -4.33. The van der Waals surface area contributed by atoms with Gasteiger partial charge in [0.25, 0.3) is 15.9 Å². The first-order valence-corrected chi connectivity index (χ1v) is 10.7. The third-order valence-corrected chi connectivity index (χ3v) is 6.85. The Labute approximate surface area is 173 Å². The first-order chi connectivity index (χ1) is 13.4. The standard InChI is InChI=1S/C18H21ClFN5O3S/c1-10-7-8-25(18(10,2)3)16-11(9-12(20)15(19)23-16)17(26)24-29(27,28)14-6-4-5-13(21)22-14/h4-6,9-10H,7-8H2,1-3H3,(H2,21,22)(H,24,26). The molecular weight excluding hydrogens is 421 g/mol. The zero-order chi connectivity index (χ0) is 21.6. The van der Waals surface area contributed by atoms with Gasteiger partial charge in [-0.3, -0.25) is 4.79 Å². The van der Waals surface area contributed by atoms with Crippen LogP contribution in [0.2, 0.25) is 5.15 Å². The molecule has 1 unspecified atom stereocenters. The zero-order valence-corrected chi connectivity index (χ0v) is 17.7. The number of pyridine rings is 2. The molecule has 0 bridgehead atoms. The van der Waals surface area contributed by atoms with Gasteiger partial charge in [0.15, 0.2) is 16.0 Å². The molecule has 0 spiro atoms. The lowest BCUT2D eigenvalue weighted by molar-refractivity contribution is 0.0981. The number of nitrogens with zero attached hydrogens (tertiary/aromatic N) is 3. The number of nitrogen functional groups attached to an aromatic ring is 1. The molecular formula is C18H21ClFN5O3S. The topological polar surface area (TPSA) is 118 Å². The van der Waals surface area contributed by atoms with Crippen LogP contribution in [0.4, 0.5) is 16.0 Å². The Morgan fingerprint density at radius 2 is 2.07 bits per heavy atom. The van der Waals surface area contributed by atoms with Gasteiger partial charge in [0.2, 0.25) is 0 Å². The van der Waals surface area contributed by atoms with Crippen molar-refractivity contribution in [2.24, 2.45) is 5.92 Å². The van der Waals surface area contributed by atoms with E-state index in [1.54, 1.807) is 0 Å². The highest BCUT2D eigenvalue weighted by Gasteiger charge is 2.41. The molecule has 29 heavy (non-hydrogen) atoms. The number of halogens is 2. The fourth-order valence-corrected chi connectivity index (χ4v) is 4.33. The number of sulfonamides is 1. The molecule has 0 radical (unpaired) electrons. The molecule has 3 heterocycles. The van der Waals surface area contributed by atoms with Crippen LogP contribution in [0.25, 0.3) is 0 Å². The van der Waals surface area contributed by atoms with Crippen molar-refractivity contribution in [3.63, 3.8) is 0 Å². The Hall–Kier alpha value is -2.46. The van der Waals surface area contributed by atoms with E-state index in [1.807, 2.05) is 23.5 Å². The summed E-state index contributed by atoms with van der Waals surface area (Å²) in [6, 6.07) is 4.89. The maximum absolute atomic E-state index is 14.1. The van der Waals surface area contributed by atoms with E-state index < -0.39 is 37.5 Å². The van der Waals surface area contributed by atoms with Crippen molar-refractivity contribution < 1.29 is 17.6 Å². The van der Waals surface area contributed by atoms with Crippen LogP contribution >= 0.6 is 11.6 Å². The SMILES string of the molecule is CC1CCN(c2nc(Cl)c(F)cc2C(=O)NS(=O)(=O)c2cccc(N)n2)C1(C)C. The molecule has 156 valence electrons. The molecule has 1 fully saturated rings. The third-order valence-electron chi connectivity index (χ3n) is 5.35. The molecule has 3 rings (SSSR count). The molecule has 1 atom stereocenters. The van der Waals surface area contributed by atoms with Crippen LogP contribution in [0.5, 0.6) is 0 Å². The normalized spacial score (nSPS) is 18.7. The summed E-state index contributed by atoms with van der Waals surface area (Å²) < 4.78 is 41.1. The van der Waals surface area contributed by atoms with Gasteiger partial charge in [-0.1, -0.05) is 24.6 Å². The van der Waals surface area contributed by atoms with Crippen LogP contribution in [0.1, 0.15) is 37.6 Å². The Balaban J connectivity index is 2.02. The number of anilines is 2. The molecule has 3 N–H and O–H groups in total. The van der Waals surface area contributed by atoms with Crippen molar-refractivity contribution in [2.75, 3.05) is 17.2 Å². The smallest absolute Gasteiger partial charge is 0.281 e. The van der Waals surface area contributed by atoms with Crippen molar-refractivity contribution in [3.05, 3.63) is 40.8 Å². The van der Waals surface area contributed by atoms with Crippen LogP contribution in [-0.2, 0) is 10.0 Å². The van der Waals surface area contributed by atoms with Gasteiger partial charge in [-0.2, -0.15) is 8.42 Å². The highest BCUT2D eigenvalue weighted by molar-refractivity contribution is 7.90. The predicted octanol–water partition coefficient (Wildman–Crippen LogP) is 2.59. The Bertz CT molecular complexity index is 1080. The molecule has 0 aromatic carbocycles. The fraction of sp³-hybridized carbons (Fsp3) is 0.389. The van der Waals surface area contributed by atoms with E-state index in [1.165, 1.54) is 18.2 Å². The first kappa shape index (κ1) is 21.3. The summed E-state index contributed by atoms with van der Waals surface area (Å²) in [6.45, 7) is 6.56. The monoisotopic (exact) mass is 441 g/mol. The number of amides is 1. The van der Waals surface area contributed by atoms with Crippen molar-refractivity contribution in [3.8, 4) is 0 Å². The summed E-state index contributed by atoms with van der Waals surface area (Å²) in [6.07, 6.45) is 0.830. The second-order valence-corrected chi connectivity index (χ2v) is 9.45. The summed E-state index contributed by atoms with van der Waals surface area (Å²) in [5.74, 6) is -1.59. The highest BCUT2D eigenvalue weighted by Crippen LogP contribution is 2.39. The Morgan fingerprint density at radius 1 is 1.38 bits per heavy atom. The molecule has 1 aliphatic rings. The summed E-state index contributed by atoms with van der Waals surface area (Å²) in [5, 5.41) is -0.822. The van der Waals surface area contributed by atoms with Crippen LogP contribution in [0.15, 0.2) is 29.3 Å². The van der Waals surface area contributed by atoms with Crippen LogP contribution in [-0.4, -0.2) is 36.4 Å². The average Bonchev–Trinajstić information content (AvgIpc) is 2.89. The number of carbonyl (C=O) groups excluding carboxylic acids is 1. The second kappa shape index (κ2) is 7.42. The number of aromatic nitrogens is 2. The van der Waals surface area contributed by atoms with E-state index in [0.717, 1.165) is 12.5 Å². The molecule has 1 amide bonds. The lowest BCUT2D eigenvalue weighted by Gasteiger charge is -2.36. The summed E-state index contributed by atoms with van der Waals surface area (Å²) in [4.78, 5) is 22.4. The lowest BCUT2D eigenvalue weighted by Crippen LogP contribution is -2.44. The quantitative estimate of drug-likeness (QED) is 0.700. The van der Waals surface area contributed by atoms with E-state index in [4.69, 9.17) is 17.3 Å². The van der Waals surface area contributed by atoms with Gasteiger partial charge in [-0.15, -0.1) is 0 Å². The average molecular weight is 442 g/mol. The van der Waals surface area contributed by atoms with Crippen LogP contribution in [0.3, 0.4) is 0 Å². The number of nitrogens with one attached hydrogen (secondary N) is 1. The minimum absolute atomic E-state index is 0.0204. The van der Waals surface area contributed by atoms with Gasteiger partial charge in [-0.25, -0.2) is 19.1 Å². The number of nitrogens with two attached hydrogens (primary N) is 1. The summed E-state index contributed by atoms with van der Waals surface area (Å²) in [5.41, 5.74) is 4.89. The van der Waals surface area contributed by atoms with Gasteiger partial charge in [0.1, 0.15) is 11.6 Å². The van der Waals surface area contributed by atoms with Crippen LogP contribution in [0, 0.1) is 11.7 Å². The number of hydrogen-bond acceptors (Lipinski definition) is 7. The van der Waals surface area contributed by atoms with E-state index in [2.05, 4.69) is 16.9 Å². The number of carbonyl (C=O) groups is 1. The lowest BCUT2D eigenvalue weighted by atomic mass is 9.90. The van der Waals surface area contributed by atoms with Gasteiger partial charge < -0.3 is 10.6 Å². The van der Waals surface area contributed by atoms with Gasteiger partial charge in [0.05, 0.1) is 5.56 Å². The van der Waals surface area contributed by atoms with Crippen LogP contribution < -0.4 is 15.4 Å². The van der Waals surface area contributed by atoms with Gasteiger partial charge in [0, 0.05) is 12.1 Å². The van der Waals surface area contributed by atoms with E-state index >= 15 is 0 Å². The summed E-state index contributed by atoms with van der Waals surface area (Å²) in [7, 11) is -4.33. The highest BCUT2D eigenvalue weighted by atomic mass is 35.5. The molecule has 11 heteroatoms. The molecule has 2 aromatic rings. The zero-order valence-electron chi connectivity index (χ0n) is 16.1. The number of rotatable bonds is 4. The second-order valence-electron chi connectivity index (χ2n) is 7.46. The van der Waals surface area contributed by atoms with E-state index in [-0.39, 0.29) is 23.1 Å². The molecule has 0 aliphatic carbocycles. The van der Waals surface area contributed by atoms with Crippen molar-refractivity contribution in [2.45, 2.75) is 37.8 Å². The Kier molecular flexibility index (Phi) is 5.44. The molecule has 8 nitrogen and oxygen atoms in total. The first-order valence-electron chi connectivity index (χ1n) is 8.87. The van der Waals surface area contributed by atoms with Crippen molar-refractivity contribution >= 4 is 39.2 Å². The molecule has 1 aliphatic heterocycles. The predicted molar refractivity (Wildman–Crippen MR) is 108 cm³/mol. The van der Waals surface area contributed by atoms with E-state index in [9.17, 15) is 17.6 Å². The number of hydrogen-bond donors (Lipinski definition) is 2. The summed E-state index contributed by atoms with van der Waals surface area (Å²) >= 11 is 5.86. The van der Waals surface area contributed by atoms with Crippen molar-refractivity contribution in [1.29, 1.82) is 0 Å². The maximum Gasteiger partial charge on any atom is 0.281 e. The van der Waals surface area contributed by atoms with Gasteiger partial charge >= 0.3 is 0 Å². The van der Waals surface area contributed by atoms with Gasteiger partial charge in [-0.05, 0) is 44.4 Å². The van der Waals surface area contributed by atoms with Crippen molar-refractivity contribution in [1.82, 2.24) is 14.7 Å². The van der Waals surface area contributed by atoms with E-state index in [0.29, 0.717) is 6.54 Å². The Morgan fingerprint density at radius 3 is 2.66 bits per heavy atom. The maximum atomic E-state index is 14.1. The largest absolute Gasteiger partial charge is 0.384 e. The third kappa shape index (κ3) is 3.99. The minimum Gasteiger partial charge on any atom is -0.384 e. The molecule has 1 saturated heterocycles. The fourth-order valence-electron chi connectivity index (χ4n) is 3.25. The molecule has 0 saturated carbocycles.